The minimum atomic E-state index is -1.14. The lowest BCUT2D eigenvalue weighted by atomic mass is 9.99. The van der Waals surface area contributed by atoms with Crippen molar-refractivity contribution in [1.29, 1.82) is 0 Å². The van der Waals surface area contributed by atoms with Gasteiger partial charge >= 0.3 is 6.09 Å². The molecule has 0 radical (unpaired) electrons. The van der Waals surface area contributed by atoms with Crippen LogP contribution in [0.4, 0.5) is 16.2 Å². The first-order valence-corrected chi connectivity index (χ1v) is 9.65. The first-order chi connectivity index (χ1) is 14.5. The summed E-state index contributed by atoms with van der Waals surface area (Å²) in [5, 5.41) is 23.7. The summed E-state index contributed by atoms with van der Waals surface area (Å²) in [6.07, 6.45) is -0.398. The SMILES string of the molecule is Cc1cc(CO)ccc1NC(=O)CCc1ccc(-c2ccccc2)c(NC(=O)O)c1. The van der Waals surface area contributed by atoms with Crippen LogP contribution in [-0.4, -0.2) is 22.2 Å². The second-order valence-electron chi connectivity index (χ2n) is 7.03. The third-order valence-electron chi connectivity index (χ3n) is 4.80. The van der Waals surface area contributed by atoms with Gasteiger partial charge in [-0.2, -0.15) is 0 Å². The number of aryl methyl sites for hydroxylation is 2. The summed E-state index contributed by atoms with van der Waals surface area (Å²) < 4.78 is 0. The topological polar surface area (TPSA) is 98.7 Å². The monoisotopic (exact) mass is 404 g/mol. The smallest absolute Gasteiger partial charge is 0.409 e. The number of carbonyl (C=O) groups is 2. The van der Waals surface area contributed by atoms with Gasteiger partial charge in [-0.05, 0) is 47.7 Å². The summed E-state index contributed by atoms with van der Waals surface area (Å²) in [4.78, 5) is 23.6. The van der Waals surface area contributed by atoms with Crippen molar-refractivity contribution in [1.82, 2.24) is 0 Å². The summed E-state index contributed by atoms with van der Waals surface area (Å²) in [5.74, 6) is -0.130. The Labute approximate surface area is 175 Å². The number of carboxylic acid groups (broad SMARTS) is 1. The van der Waals surface area contributed by atoms with Gasteiger partial charge < -0.3 is 15.5 Å². The molecule has 0 spiro atoms. The molecule has 3 aromatic carbocycles. The quantitative estimate of drug-likeness (QED) is 0.454. The number of hydrogen-bond acceptors (Lipinski definition) is 3. The van der Waals surface area contributed by atoms with E-state index in [1.807, 2.05) is 55.5 Å². The summed E-state index contributed by atoms with van der Waals surface area (Å²) in [6, 6.07) is 20.5. The fourth-order valence-electron chi connectivity index (χ4n) is 3.27. The minimum Gasteiger partial charge on any atom is -0.465 e. The van der Waals surface area contributed by atoms with Crippen LogP contribution in [0.25, 0.3) is 11.1 Å². The molecule has 2 amide bonds. The van der Waals surface area contributed by atoms with Gasteiger partial charge in [0.25, 0.3) is 0 Å². The van der Waals surface area contributed by atoms with E-state index in [0.29, 0.717) is 17.8 Å². The Bertz CT molecular complexity index is 1050. The third-order valence-corrected chi connectivity index (χ3v) is 4.80. The fourth-order valence-corrected chi connectivity index (χ4v) is 3.27. The Morgan fingerprint density at radius 3 is 2.27 bits per heavy atom. The normalized spacial score (nSPS) is 10.5. The van der Waals surface area contributed by atoms with Crippen molar-refractivity contribution >= 4 is 23.4 Å². The van der Waals surface area contributed by atoms with E-state index in [1.54, 1.807) is 18.2 Å². The predicted octanol–water partition coefficient (Wildman–Crippen LogP) is 4.82. The third kappa shape index (κ3) is 5.46. The fraction of sp³-hybridized carbons (Fsp3) is 0.167. The number of hydrogen-bond donors (Lipinski definition) is 4. The first-order valence-electron chi connectivity index (χ1n) is 9.65. The van der Waals surface area contributed by atoms with E-state index in [-0.39, 0.29) is 18.9 Å². The summed E-state index contributed by atoms with van der Waals surface area (Å²) >= 11 is 0. The molecular formula is C24H24N2O4. The van der Waals surface area contributed by atoms with Crippen LogP contribution in [-0.2, 0) is 17.8 Å². The van der Waals surface area contributed by atoms with Crippen molar-refractivity contribution in [3.05, 3.63) is 83.4 Å². The minimum absolute atomic E-state index is 0.0409. The molecule has 0 saturated heterocycles. The largest absolute Gasteiger partial charge is 0.465 e. The molecule has 0 saturated carbocycles. The maximum Gasteiger partial charge on any atom is 0.409 e. The van der Waals surface area contributed by atoms with E-state index < -0.39 is 6.09 Å². The zero-order valence-corrected chi connectivity index (χ0v) is 16.7. The molecule has 0 aromatic heterocycles. The van der Waals surface area contributed by atoms with Crippen LogP contribution in [0.2, 0.25) is 0 Å². The number of rotatable bonds is 7. The molecule has 0 atom stereocenters. The lowest BCUT2D eigenvalue weighted by Crippen LogP contribution is -2.13. The molecule has 0 bridgehead atoms. The maximum absolute atomic E-state index is 12.4. The molecule has 3 rings (SSSR count). The zero-order chi connectivity index (χ0) is 21.5. The number of amides is 2. The van der Waals surface area contributed by atoms with E-state index in [2.05, 4.69) is 10.6 Å². The van der Waals surface area contributed by atoms with E-state index in [9.17, 15) is 19.8 Å². The molecule has 0 aliphatic carbocycles. The number of aliphatic hydroxyl groups excluding tert-OH is 1. The lowest BCUT2D eigenvalue weighted by Gasteiger charge is -2.13. The number of benzene rings is 3. The van der Waals surface area contributed by atoms with Gasteiger partial charge in [-0.15, -0.1) is 0 Å². The standard InChI is InChI=1S/C24H24N2O4/c1-16-13-18(15-27)8-11-21(16)25-23(28)12-9-17-7-10-20(19-5-3-2-4-6-19)22(14-17)26-24(29)30/h2-8,10-11,13-14,26-27H,9,12,15H2,1H3,(H,25,28)(H,29,30). The summed E-state index contributed by atoms with van der Waals surface area (Å²) in [5.41, 5.74) is 5.43. The predicted molar refractivity (Wildman–Crippen MR) is 118 cm³/mol. The van der Waals surface area contributed by atoms with Gasteiger partial charge in [-0.25, -0.2) is 4.79 Å². The van der Waals surface area contributed by atoms with Crippen LogP contribution in [0, 0.1) is 6.92 Å². The highest BCUT2D eigenvalue weighted by Gasteiger charge is 2.11. The molecule has 6 heteroatoms. The number of nitrogens with one attached hydrogen (secondary N) is 2. The van der Waals surface area contributed by atoms with Crippen molar-refractivity contribution in [3.8, 4) is 11.1 Å². The average molecular weight is 404 g/mol. The van der Waals surface area contributed by atoms with Gasteiger partial charge in [0.15, 0.2) is 0 Å². The maximum atomic E-state index is 12.4. The molecule has 4 N–H and O–H groups in total. The number of carbonyl (C=O) groups excluding carboxylic acids is 1. The zero-order valence-electron chi connectivity index (χ0n) is 16.7. The molecule has 0 fully saturated rings. The second-order valence-corrected chi connectivity index (χ2v) is 7.03. The van der Waals surface area contributed by atoms with Gasteiger partial charge in [0, 0.05) is 17.7 Å². The molecule has 0 aliphatic heterocycles. The highest BCUT2D eigenvalue weighted by atomic mass is 16.4. The van der Waals surface area contributed by atoms with Crippen LogP contribution in [0.1, 0.15) is 23.1 Å². The Balaban J connectivity index is 1.70. The Morgan fingerprint density at radius 2 is 1.60 bits per heavy atom. The van der Waals surface area contributed by atoms with Crippen molar-refractivity contribution in [2.24, 2.45) is 0 Å². The van der Waals surface area contributed by atoms with Gasteiger partial charge in [-0.1, -0.05) is 54.6 Å². The van der Waals surface area contributed by atoms with Gasteiger partial charge in [0.1, 0.15) is 0 Å². The van der Waals surface area contributed by atoms with E-state index in [4.69, 9.17) is 0 Å². The summed E-state index contributed by atoms with van der Waals surface area (Å²) in [6.45, 7) is 1.84. The van der Waals surface area contributed by atoms with Crippen molar-refractivity contribution in [3.63, 3.8) is 0 Å². The van der Waals surface area contributed by atoms with Crippen molar-refractivity contribution in [2.75, 3.05) is 10.6 Å². The molecule has 0 unspecified atom stereocenters. The first kappa shape index (κ1) is 21.1. The Morgan fingerprint density at radius 1 is 0.867 bits per heavy atom. The number of anilines is 2. The van der Waals surface area contributed by atoms with Gasteiger partial charge in [0.2, 0.25) is 5.91 Å². The van der Waals surface area contributed by atoms with Crippen LogP contribution in [0.5, 0.6) is 0 Å². The summed E-state index contributed by atoms with van der Waals surface area (Å²) in [7, 11) is 0. The second kappa shape index (κ2) is 9.71. The lowest BCUT2D eigenvalue weighted by molar-refractivity contribution is -0.116. The van der Waals surface area contributed by atoms with Crippen LogP contribution >= 0.6 is 0 Å². The number of aliphatic hydroxyl groups is 1. The molecule has 30 heavy (non-hydrogen) atoms. The molecule has 3 aromatic rings. The van der Waals surface area contributed by atoms with E-state index in [0.717, 1.165) is 27.8 Å². The molecular weight excluding hydrogens is 380 g/mol. The van der Waals surface area contributed by atoms with Gasteiger partial charge in [-0.3, -0.25) is 10.1 Å². The highest BCUT2D eigenvalue weighted by molar-refractivity contribution is 5.92. The van der Waals surface area contributed by atoms with Gasteiger partial charge in [0.05, 0.1) is 12.3 Å². The van der Waals surface area contributed by atoms with Crippen molar-refractivity contribution in [2.45, 2.75) is 26.4 Å². The molecule has 6 nitrogen and oxygen atoms in total. The Kier molecular flexibility index (Phi) is 6.83. The van der Waals surface area contributed by atoms with Crippen LogP contribution in [0.15, 0.2) is 66.7 Å². The Hall–Kier alpha value is -3.64. The average Bonchev–Trinajstić information content (AvgIpc) is 2.74. The van der Waals surface area contributed by atoms with E-state index >= 15 is 0 Å². The molecule has 0 aliphatic rings. The van der Waals surface area contributed by atoms with Crippen LogP contribution in [0.3, 0.4) is 0 Å². The van der Waals surface area contributed by atoms with E-state index in [1.165, 1.54) is 0 Å². The highest BCUT2D eigenvalue weighted by Crippen LogP contribution is 2.29. The molecule has 0 heterocycles. The molecule has 154 valence electrons. The van der Waals surface area contributed by atoms with Crippen molar-refractivity contribution < 1.29 is 19.8 Å². The van der Waals surface area contributed by atoms with Crippen LogP contribution < -0.4 is 10.6 Å².